The maximum absolute atomic E-state index is 6.64. The van der Waals surface area contributed by atoms with Gasteiger partial charge in [0.25, 0.3) is 0 Å². The number of benzene rings is 2. The summed E-state index contributed by atoms with van der Waals surface area (Å²) >= 11 is 25.3. The molecule has 0 amide bonds. The van der Waals surface area contributed by atoms with Gasteiger partial charge in [0.05, 0.1) is 34.7 Å². The highest BCUT2D eigenvalue weighted by molar-refractivity contribution is 6.56. The van der Waals surface area contributed by atoms with Crippen molar-refractivity contribution in [3.8, 4) is 11.5 Å². The molecule has 0 bridgehead atoms. The summed E-state index contributed by atoms with van der Waals surface area (Å²) in [6, 6.07) is 9.01. The molecule has 0 saturated heterocycles. The number of allylic oxidation sites excluding steroid dienone is 1. The first kappa shape index (κ1) is 16.8. The van der Waals surface area contributed by atoms with E-state index < -0.39 is 5.38 Å². The van der Waals surface area contributed by atoms with Gasteiger partial charge in [-0.15, -0.1) is 11.6 Å². The second-order valence-corrected chi connectivity index (χ2v) is 6.64. The van der Waals surface area contributed by atoms with Crippen LogP contribution in [0, 0.1) is 0 Å². The van der Waals surface area contributed by atoms with Crippen molar-refractivity contribution in [2.45, 2.75) is 5.38 Å². The van der Waals surface area contributed by atoms with Crippen LogP contribution >= 0.6 is 46.4 Å². The fourth-order valence-corrected chi connectivity index (χ4v) is 3.79. The van der Waals surface area contributed by atoms with Crippen LogP contribution < -0.4 is 9.47 Å². The van der Waals surface area contributed by atoms with E-state index >= 15 is 0 Å². The van der Waals surface area contributed by atoms with Crippen LogP contribution in [0.4, 0.5) is 0 Å². The molecule has 1 atom stereocenters. The molecule has 0 radical (unpaired) electrons. The molecule has 1 aliphatic carbocycles. The van der Waals surface area contributed by atoms with E-state index in [0.29, 0.717) is 26.6 Å². The highest BCUT2D eigenvalue weighted by atomic mass is 35.5. The van der Waals surface area contributed by atoms with Crippen molar-refractivity contribution in [2.75, 3.05) is 14.2 Å². The molecule has 120 valence electrons. The number of hydrogen-bond acceptors (Lipinski definition) is 2. The average molecular weight is 390 g/mol. The van der Waals surface area contributed by atoms with Gasteiger partial charge in [-0.2, -0.15) is 0 Å². The van der Waals surface area contributed by atoms with Gasteiger partial charge in [0.15, 0.2) is 11.5 Å². The van der Waals surface area contributed by atoms with Gasteiger partial charge in [-0.05, 0) is 35.4 Å². The lowest BCUT2D eigenvalue weighted by Gasteiger charge is -2.13. The van der Waals surface area contributed by atoms with E-state index in [4.69, 9.17) is 55.9 Å². The van der Waals surface area contributed by atoms with Crippen molar-refractivity contribution in [1.29, 1.82) is 0 Å². The minimum atomic E-state index is -0.408. The van der Waals surface area contributed by atoms with Gasteiger partial charge in [0, 0.05) is 11.1 Å². The molecule has 23 heavy (non-hydrogen) atoms. The molecule has 0 aromatic heterocycles. The van der Waals surface area contributed by atoms with Gasteiger partial charge in [-0.1, -0.05) is 40.9 Å². The minimum Gasteiger partial charge on any atom is -0.493 e. The van der Waals surface area contributed by atoms with E-state index in [0.717, 1.165) is 22.3 Å². The summed E-state index contributed by atoms with van der Waals surface area (Å²) in [7, 11) is 3.16. The smallest absolute Gasteiger partial charge is 0.161 e. The van der Waals surface area contributed by atoms with Crippen molar-refractivity contribution >= 4 is 57.0 Å². The van der Waals surface area contributed by atoms with Crippen molar-refractivity contribution < 1.29 is 9.47 Å². The Kier molecular flexibility index (Phi) is 4.70. The molecule has 0 heterocycles. The predicted molar refractivity (Wildman–Crippen MR) is 97.3 cm³/mol. The second kappa shape index (κ2) is 6.45. The third kappa shape index (κ3) is 2.78. The maximum Gasteiger partial charge on any atom is 0.161 e. The highest BCUT2D eigenvalue weighted by Crippen LogP contribution is 2.53. The van der Waals surface area contributed by atoms with Crippen LogP contribution in [0.3, 0.4) is 0 Å². The van der Waals surface area contributed by atoms with Crippen molar-refractivity contribution in [3.63, 3.8) is 0 Å². The first-order valence-electron chi connectivity index (χ1n) is 6.73. The van der Waals surface area contributed by atoms with Gasteiger partial charge in [-0.3, -0.25) is 0 Å². The van der Waals surface area contributed by atoms with Crippen molar-refractivity contribution in [1.82, 2.24) is 0 Å². The van der Waals surface area contributed by atoms with Crippen LogP contribution in [0.15, 0.2) is 30.3 Å². The van der Waals surface area contributed by atoms with E-state index in [1.54, 1.807) is 26.4 Å². The zero-order valence-electron chi connectivity index (χ0n) is 12.3. The number of ether oxygens (including phenoxy) is 2. The quantitative estimate of drug-likeness (QED) is 0.564. The first-order valence-corrected chi connectivity index (χ1v) is 8.30. The molecular formula is C17H12Cl4O2. The molecule has 0 fully saturated rings. The molecule has 3 rings (SSSR count). The van der Waals surface area contributed by atoms with Crippen LogP contribution in [-0.2, 0) is 0 Å². The number of rotatable bonds is 3. The zero-order chi connectivity index (χ0) is 16.7. The van der Waals surface area contributed by atoms with E-state index in [-0.39, 0.29) is 0 Å². The Hall–Kier alpha value is -1.06. The topological polar surface area (TPSA) is 18.5 Å². The summed E-state index contributed by atoms with van der Waals surface area (Å²) in [5.74, 6) is 1.21. The Labute approximate surface area is 154 Å². The number of methoxy groups -OCH3 is 2. The minimum absolute atomic E-state index is 0.408. The SMILES string of the molecule is COc1cc2c(cc1OC)[C@H](Cl)C(c1ccc(Cl)c(Cl)c1)=C2Cl. The van der Waals surface area contributed by atoms with Gasteiger partial charge in [0.1, 0.15) is 0 Å². The Morgan fingerprint density at radius 3 is 2.13 bits per heavy atom. The largest absolute Gasteiger partial charge is 0.493 e. The van der Waals surface area contributed by atoms with E-state index in [9.17, 15) is 0 Å². The summed E-state index contributed by atoms with van der Waals surface area (Å²) in [6.07, 6.45) is 0. The zero-order valence-corrected chi connectivity index (χ0v) is 15.3. The lowest BCUT2D eigenvalue weighted by Crippen LogP contribution is -1.95. The van der Waals surface area contributed by atoms with Crippen molar-refractivity contribution in [3.05, 3.63) is 57.1 Å². The molecule has 1 aliphatic rings. The molecule has 2 nitrogen and oxygen atoms in total. The Morgan fingerprint density at radius 2 is 1.52 bits per heavy atom. The molecular weight excluding hydrogens is 378 g/mol. The average Bonchev–Trinajstić information content (AvgIpc) is 2.79. The lowest BCUT2D eigenvalue weighted by molar-refractivity contribution is 0.354. The Balaban J connectivity index is 2.16. The van der Waals surface area contributed by atoms with Crippen LogP contribution in [0.2, 0.25) is 10.0 Å². The fraction of sp³-hybridized carbons (Fsp3) is 0.176. The molecule has 0 N–H and O–H groups in total. The molecule has 0 saturated carbocycles. The standard InChI is InChI=1S/C17H12Cl4O2/c1-22-13-6-9-10(7-14(13)23-2)17(21)15(16(9)20)8-3-4-11(18)12(19)5-8/h3-7,16H,1-2H3/t16-/m0/s1. The summed E-state index contributed by atoms with van der Waals surface area (Å²) in [4.78, 5) is 0. The number of fused-ring (bicyclic) bond motifs is 1. The predicted octanol–water partition coefficient (Wildman–Crippen LogP) is 6.41. The number of halogens is 4. The molecule has 0 unspecified atom stereocenters. The lowest BCUT2D eigenvalue weighted by atomic mass is 10.0. The van der Waals surface area contributed by atoms with Gasteiger partial charge >= 0.3 is 0 Å². The number of alkyl halides is 1. The summed E-state index contributed by atoms with van der Waals surface area (Å²) in [6.45, 7) is 0. The molecule has 0 aliphatic heterocycles. The van der Waals surface area contributed by atoms with Gasteiger partial charge in [0.2, 0.25) is 0 Å². The van der Waals surface area contributed by atoms with Crippen molar-refractivity contribution in [2.24, 2.45) is 0 Å². The van der Waals surface area contributed by atoms with Gasteiger partial charge < -0.3 is 9.47 Å². The summed E-state index contributed by atoms with van der Waals surface area (Å²) in [5, 5.41) is 1.10. The van der Waals surface area contributed by atoms with Crippen LogP contribution in [0.5, 0.6) is 11.5 Å². The third-order valence-corrected chi connectivity index (χ3v) is 5.39. The van der Waals surface area contributed by atoms with E-state index in [1.807, 2.05) is 18.2 Å². The highest BCUT2D eigenvalue weighted by Gasteiger charge is 2.32. The van der Waals surface area contributed by atoms with Crippen LogP contribution in [-0.4, -0.2) is 14.2 Å². The maximum atomic E-state index is 6.64. The number of hydrogen-bond donors (Lipinski definition) is 0. The molecule has 2 aromatic rings. The first-order chi connectivity index (χ1) is 11.0. The molecule has 6 heteroatoms. The van der Waals surface area contributed by atoms with Crippen LogP contribution in [0.1, 0.15) is 22.1 Å². The Bertz CT molecular complexity index is 814. The van der Waals surface area contributed by atoms with E-state index in [2.05, 4.69) is 0 Å². The van der Waals surface area contributed by atoms with Crippen LogP contribution in [0.25, 0.3) is 10.6 Å². The normalized spacial score (nSPS) is 16.5. The monoisotopic (exact) mass is 388 g/mol. The van der Waals surface area contributed by atoms with E-state index in [1.165, 1.54) is 0 Å². The fourth-order valence-electron chi connectivity index (χ4n) is 2.64. The Morgan fingerprint density at radius 1 is 0.870 bits per heavy atom. The second-order valence-electron chi connectivity index (χ2n) is 5.01. The molecule has 2 aromatic carbocycles. The summed E-state index contributed by atoms with van der Waals surface area (Å²) in [5.41, 5.74) is 3.32. The summed E-state index contributed by atoms with van der Waals surface area (Å²) < 4.78 is 10.7. The third-order valence-electron chi connectivity index (χ3n) is 3.79. The van der Waals surface area contributed by atoms with Gasteiger partial charge in [-0.25, -0.2) is 0 Å². The molecule has 0 spiro atoms.